The summed E-state index contributed by atoms with van der Waals surface area (Å²) in [6.07, 6.45) is 20.9. The van der Waals surface area contributed by atoms with Gasteiger partial charge in [-0.1, -0.05) is 126 Å². The number of benzene rings is 3. The van der Waals surface area contributed by atoms with Crippen LogP contribution in [0.5, 0.6) is 0 Å². The number of hydrogen-bond donors (Lipinski definition) is 1. The SMILES string of the molecule is O=C(O)CCCCCCCCCCCCCCCCCc1cccc2cc3ccccc3cc12. The predicted molar refractivity (Wildman–Crippen MR) is 147 cm³/mol. The minimum Gasteiger partial charge on any atom is -0.481 e. The maximum atomic E-state index is 10.5. The number of aryl methyl sites for hydroxylation is 1. The first-order chi connectivity index (χ1) is 16.7. The highest BCUT2D eigenvalue weighted by Gasteiger charge is 2.03. The van der Waals surface area contributed by atoms with Crippen LogP contribution in [0.25, 0.3) is 21.5 Å². The van der Waals surface area contributed by atoms with Crippen molar-refractivity contribution < 1.29 is 9.90 Å². The molecule has 2 heteroatoms. The largest absolute Gasteiger partial charge is 0.481 e. The maximum absolute atomic E-state index is 10.5. The summed E-state index contributed by atoms with van der Waals surface area (Å²) in [5, 5.41) is 14.1. The molecule has 0 radical (unpaired) electrons. The van der Waals surface area contributed by atoms with Crippen LogP contribution < -0.4 is 0 Å². The molecule has 3 aromatic carbocycles. The van der Waals surface area contributed by atoms with E-state index in [4.69, 9.17) is 5.11 Å². The summed E-state index contributed by atoms with van der Waals surface area (Å²) in [5.74, 6) is -0.658. The molecule has 0 unspecified atom stereocenters. The molecule has 0 bridgehead atoms. The lowest BCUT2D eigenvalue weighted by atomic mass is 9.96. The molecular weight excluding hydrogens is 416 g/mol. The smallest absolute Gasteiger partial charge is 0.303 e. The van der Waals surface area contributed by atoms with Crippen molar-refractivity contribution in [3.63, 3.8) is 0 Å². The molecule has 0 spiro atoms. The van der Waals surface area contributed by atoms with E-state index in [1.807, 2.05) is 0 Å². The quantitative estimate of drug-likeness (QED) is 0.151. The highest BCUT2D eigenvalue weighted by atomic mass is 16.4. The Morgan fingerprint density at radius 1 is 0.529 bits per heavy atom. The fourth-order valence-corrected chi connectivity index (χ4v) is 5.14. The van der Waals surface area contributed by atoms with Crippen LogP contribution in [0.4, 0.5) is 0 Å². The molecule has 0 amide bonds. The second-order valence-electron chi connectivity index (χ2n) is 10.0. The molecule has 0 atom stereocenters. The first-order valence-corrected chi connectivity index (χ1v) is 13.9. The first kappa shape index (κ1) is 26.3. The highest BCUT2D eigenvalue weighted by molar-refractivity contribution is 5.99. The Balaban J connectivity index is 1.17. The number of fused-ring (bicyclic) bond motifs is 2. The van der Waals surface area contributed by atoms with E-state index < -0.39 is 5.97 Å². The number of hydrogen-bond acceptors (Lipinski definition) is 1. The van der Waals surface area contributed by atoms with Gasteiger partial charge in [-0.15, -0.1) is 0 Å². The van der Waals surface area contributed by atoms with Crippen molar-refractivity contribution in [1.82, 2.24) is 0 Å². The zero-order valence-electron chi connectivity index (χ0n) is 21.1. The predicted octanol–water partition coefficient (Wildman–Crippen LogP) is 9.86. The molecule has 3 rings (SSSR count). The van der Waals surface area contributed by atoms with Crippen molar-refractivity contribution in [3.8, 4) is 0 Å². The maximum Gasteiger partial charge on any atom is 0.303 e. The van der Waals surface area contributed by atoms with Gasteiger partial charge >= 0.3 is 5.97 Å². The number of unbranched alkanes of at least 4 members (excludes halogenated alkanes) is 14. The van der Waals surface area contributed by atoms with Gasteiger partial charge in [0, 0.05) is 6.42 Å². The lowest BCUT2D eigenvalue weighted by Gasteiger charge is -2.09. The van der Waals surface area contributed by atoms with Crippen molar-refractivity contribution >= 4 is 27.5 Å². The summed E-state index contributed by atoms with van der Waals surface area (Å²) in [7, 11) is 0. The number of carbonyl (C=O) groups is 1. The van der Waals surface area contributed by atoms with Gasteiger partial charge in [-0.25, -0.2) is 0 Å². The van der Waals surface area contributed by atoms with Crippen LogP contribution in [0.3, 0.4) is 0 Å². The number of carboxylic acid groups (broad SMARTS) is 1. The van der Waals surface area contributed by atoms with Crippen molar-refractivity contribution in [3.05, 3.63) is 60.2 Å². The van der Waals surface area contributed by atoms with Gasteiger partial charge < -0.3 is 5.11 Å². The first-order valence-electron chi connectivity index (χ1n) is 13.9. The lowest BCUT2D eigenvalue weighted by Crippen LogP contribution is -1.93. The number of carboxylic acids is 1. The van der Waals surface area contributed by atoms with Crippen LogP contribution in [0.1, 0.15) is 108 Å². The van der Waals surface area contributed by atoms with Gasteiger partial charge in [-0.2, -0.15) is 0 Å². The monoisotopic (exact) mass is 460 g/mol. The Morgan fingerprint density at radius 3 is 1.56 bits per heavy atom. The van der Waals surface area contributed by atoms with Crippen molar-refractivity contribution in [1.29, 1.82) is 0 Å². The van der Waals surface area contributed by atoms with Crippen LogP contribution in [-0.4, -0.2) is 11.1 Å². The molecule has 34 heavy (non-hydrogen) atoms. The van der Waals surface area contributed by atoms with E-state index in [2.05, 4.69) is 54.6 Å². The second-order valence-corrected chi connectivity index (χ2v) is 10.0. The fraction of sp³-hybridized carbons (Fsp3) is 0.531. The molecule has 0 heterocycles. The molecule has 0 saturated carbocycles. The van der Waals surface area contributed by atoms with Crippen molar-refractivity contribution in [2.24, 2.45) is 0 Å². The molecule has 0 saturated heterocycles. The zero-order valence-corrected chi connectivity index (χ0v) is 21.1. The summed E-state index contributed by atoms with van der Waals surface area (Å²) >= 11 is 0. The third-order valence-corrected chi connectivity index (χ3v) is 7.17. The van der Waals surface area contributed by atoms with E-state index in [1.54, 1.807) is 0 Å². The van der Waals surface area contributed by atoms with Crippen LogP contribution in [0.15, 0.2) is 54.6 Å². The lowest BCUT2D eigenvalue weighted by molar-refractivity contribution is -0.137. The molecule has 0 aliphatic heterocycles. The molecule has 0 aromatic heterocycles. The van der Waals surface area contributed by atoms with E-state index in [0.29, 0.717) is 6.42 Å². The number of rotatable bonds is 18. The molecule has 0 aliphatic carbocycles. The van der Waals surface area contributed by atoms with Crippen LogP contribution in [0.2, 0.25) is 0 Å². The standard InChI is InChI=1S/C32H44O2/c33-32(34)24-15-13-11-9-7-5-3-1-2-4-6-8-10-12-14-19-27-22-18-23-30-25-28-20-16-17-21-29(28)26-31(27)30/h16-18,20-23,25-26H,1-15,19,24H2,(H,33,34). The Morgan fingerprint density at radius 2 is 1.00 bits per heavy atom. The second kappa shape index (κ2) is 15.5. The van der Waals surface area contributed by atoms with E-state index in [9.17, 15) is 4.79 Å². The van der Waals surface area contributed by atoms with Gasteiger partial charge in [0.15, 0.2) is 0 Å². The molecule has 3 aromatic rings. The van der Waals surface area contributed by atoms with Crippen LogP contribution in [-0.2, 0) is 11.2 Å². The van der Waals surface area contributed by atoms with E-state index in [1.165, 1.54) is 117 Å². The average Bonchev–Trinajstić information content (AvgIpc) is 2.84. The van der Waals surface area contributed by atoms with E-state index in [0.717, 1.165) is 12.8 Å². The molecular formula is C32H44O2. The number of aliphatic carboxylic acids is 1. The summed E-state index contributed by atoms with van der Waals surface area (Å²) < 4.78 is 0. The van der Waals surface area contributed by atoms with Gasteiger partial charge in [0.05, 0.1) is 0 Å². The molecule has 2 nitrogen and oxygen atoms in total. The Kier molecular flexibility index (Phi) is 12.0. The summed E-state index contributed by atoms with van der Waals surface area (Å²) in [6.45, 7) is 0. The van der Waals surface area contributed by atoms with Crippen LogP contribution in [0, 0.1) is 0 Å². The molecule has 1 N–H and O–H groups in total. The summed E-state index contributed by atoms with van der Waals surface area (Å²) in [5.41, 5.74) is 1.50. The average molecular weight is 461 g/mol. The van der Waals surface area contributed by atoms with Gasteiger partial charge in [0.2, 0.25) is 0 Å². The Bertz CT molecular complexity index is 991. The van der Waals surface area contributed by atoms with Gasteiger partial charge in [-0.3, -0.25) is 4.79 Å². The minimum absolute atomic E-state index is 0.335. The van der Waals surface area contributed by atoms with Gasteiger partial charge in [-0.05, 0) is 58.5 Å². The fourth-order valence-electron chi connectivity index (χ4n) is 5.14. The normalized spacial score (nSPS) is 11.4. The third-order valence-electron chi connectivity index (χ3n) is 7.17. The van der Waals surface area contributed by atoms with Crippen molar-refractivity contribution in [2.45, 2.75) is 109 Å². The van der Waals surface area contributed by atoms with Crippen LogP contribution >= 0.6 is 0 Å². The zero-order chi connectivity index (χ0) is 23.8. The summed E-state index contributed by atoms with van der Waals surface area (Å²) in [6, 6.07) is 20.2. The van der Waals surface area contributed by atoms with Gasteiger partial charge in [0.25, 0.3) is 0 Å². The minimum atomic E-state index is -0.658. The van der Waals surface area contributed by atoms with E-state index in [-0.39, 0.29) is 0 Å². The Labute approximate surface area is 206 Å². The molecule has 0 aliphatic rings. The highest BCUT2D eigenvalue weighted by Crippen LogP contribution is 2.26. The Hall–Kier alpha value is -2.35. The van der Waals surface area contributed by atoms with E-state index >= 15 is 0 Å². The third kappa shape index (κ3) is 9.49. The topological polar surface area (TPSA) is 37.3 Å². The van der Waals surface area contributed by atoms with Crippen molar-refractivity contribution in [2.75, 3.05) is 0 Å². The van der Waals surface area contributed by atoms with Gasteiger partial charge in [0.1, 0.15) is 0 Å². The molecule has 184 valence electrons. The molecule has 0 fully saturated rings. The summed E-state index contributed by atoms with van der Waals surface area (Å²) in [4.78, 5) is 10.5.